The Bertz CT molecular complexity index is 236. The summed E-state index contributed by atoms with van der Waals surface area (Å²) in [5.74, 6) is 0.438. The topological polar surface area (TPSA) is 64.4 Å². The third-order valence-electron chi connectivity index (χ3n) is 3.93. The minimum absolute atomic E-state index is 0.120. The lowest BCUT2D eigenvalue weighted by Gasteiger charge is -2.22. The molecule has 0 saturated heterocycles. The Kier molecular flexibility index (Phi) is 8.84. The Balaban J connectivity index is 1.96. The average Bonchev–Trinajstić information content (AvgIpc) is 2.45. The second-order valence-electron chi connectivity index (χ2n) is 5.55. The van der Waals surface area contributed by atoms with Crippen LogP contribution in [0.1, 0.15) is 58.3 Å². The van der Waals surface area contributed by atoms with Crippen molar-refractivity contribution in [1.82, 2.24) is 5.32 Å². The molecule has 112 valence electrons. The van der Waals surface area contributed by atoms with E-state index in [1.165, 1.54) is 32.1 Å². The number of nitrogens with two attached hydrogens (primary N) is 1. The predicted octanol–water partition coefficient (Wildman–Crippen LogP) is 2.22. The Labute approximate surface area is 117 Å². The zero-order valence-corrected chi connectivity index (χ0v) is 12.3. The summed E-state index contributed by atoms with van der Waals surface area (Å²) in [4.78, 5) is 11.6. The van der Waals surface area contributed by atoms with Crippen molar-refractivity contribution in [1.29, 1.82) is 0 Å². The van der Waals surface area contributed by atoms with Gasteiger partial charge in [0.25, 0.3) is 0 Å². The van der Waals surface area contributed by atoms with Gasteiger partial charge in [-0.05, 0) is 31.7 Å². The largest absolute Gasteiger partial charge is 0.378 e. The van der Waals surface area contributed by atoms with Crippen molar-refractivity contribution in [2.24, 2.45) is 11.7 Å². The van der Waals surface area contributed by atoms with E-state index in [2.05, 4.69) is 12.2 Å². The fraction of sp³-hybridized carbons (Fsp3) is 0.933. The average molecular weight is 270 g/mol. The van der Waals surface area contributed by atoms with Crippen LogP contribution in [0.3, 0.4) is 0 Å². The number of carbonyl (C=O) groups excluding carboxylic acids is 1. The van der Waals surface area contributed by atoms with E-state index in [9.17, 15) is 4.79 Å². The smallest absolute Gasteiger partial charge is 0.220 e. The van der Waals surface area contributed by atoms with Gasteiger partial charge in [0.15, 0.2) is 0 Å². The van der Waals surface area contributed by atoms with Gasteiger partial charge in [0.05, 0.1) is 6.10 Å². The second-order valence-corrected chi connectivity index (χ2v) is 5.55. The molecule has 0 spiro atoms. The fourth-order valence-electron chi connectivity index (χ4n) is 2.51. The predicted molar refractivity (Wildman–Crippen MR) is 77.9 cm³/mol. The maximum absolute atomic E-state index is 11.6. The summed E-state index contributed by atoms with van der Waals surface area (Å²) in [5, 5.41) is 2.95. The van der Waals surface area contributed by atoms with E-state index < -0.39 is 0 Å². The van der Waals surface area contributed by atoms with Gasteiger partial charge in [-0.1, -0.05) is 32.6 Å². The summed E-state index contributed by atoms with van der Waals surface area (Å²) in [5.41, 5.74) is 5.59. The summed E-state index contributed by atoms with van der Waals surface area (Å²) in [7, 11) is 0. The molecule has 0 aromatic rings. The monoisotopic (exact) mass is 270 g/mol. The molecule has 0 bridgehead atoms. The molecule has 0 radical (unpaired) electrons. The summed E-state index contributed by atoms with van der Waals surface area (Å²) >= 11 is 0. The SMILES string of the molecule is CCC(CN)CC(=O)NCCCOC1CCCCC1. The molecule has 1 atom stereocenters. The van der Waals surface area contributed by atoms with E-state index in [1.807, 2.05) is 0 Å². The maximum atomic E-state index is 11.6. The van der Waals surface area contributed by atoms with Gasteiger partial charge in [0.1, 0.15) is 0 Å². The van der Waals surface area contributed by atoms with Gasteiger partial charge < -0.3 is 15.8 Å². The summed E-state index contributed by atoms with van der Waals surface area (Å²) < 4.78 is 5.82. The van der Waals surface area contributed by atoms with E-state index in [1.54, 1.807) is 0 Å². The van der Waals surface area contributed by atoms with Crippen molar-refractivity contribution < 1.29 is 9.53 Å². The molecule has 1 rings (SSSR count). The van der Waals surface area contributed by atoms with Crippen molar-refractivity contribution in [3.05, 3.63) is 0 Å². The molecule has 1 saturated carbocycles. The molecule has 0 aromatic carbocycles. The highest BCUT2D eigenvalue weighted by molar-refractivity contribution is 5.76. The number of carbonyl (C=O) groups is 1. The summed E-state index contributed by atoms with van der Waals surface area (Å²) in [6.45, 7) is 4.14. The minimum Gasteiger partial charge on any atom is -0.378 e. The molecule has 0 aliphatic heterocycles. The standard InChI is InChI=1S/C15H30N2O2/c1-2-13(12-16)11-15(18)17-9-6-10-19-14-7-4-3-5-8-14/h13-14H,2-12,16H2,1H3,(H,17,18). The maximum Gasteiger partial charge on any atom is 0.220 e. The van der Waals surface area contributed by atoms with E-state index >= 15 is 0 Å². The quantitative estimate of drug-likeness (QED) is 0.631. The van der Waals surface area contributed by atoms with E-state index in [4.69, 9.17) is 10.5 Å². The van der Waals surface area contributed by atoms with Crippen LogP contribution in [-0.2, 0) is 9.53 Å². The lowest BCUT2D eigenvalue weighted by Crippen LogP contribution is -2.29. The van der Waals surface area contributed by atoms with Crippen molar-refractivity contribution >= 4 is 5.91 Å². The van der Waals surface area contributed by atoms with Gasteiger partial charge in [0.2, 0.25) is 5.91 Å². The van der Waals surface area contributed by atoms with Crippen LogP contribution < -0.4 is 11.1 Å². The Morgan fingerprint density at radius 2 is 2.11 bits per heavy atom. The first-order valence-electron chi connectivity index (χ1n) is 7.84. The Hall–Kier alpha value is -0.610. The first kappa shape index (κ1) is 16.4. The zero-order valence-electron chi connectivity index (χ0n) is 12.3. The Morgan fingerprint density at radius 1 is 1.37 bits per heavy atom. The molecule has 4 nitrogen and oxygen atoms in total. The third-order valence-corrected chi connectivity index (χ3v) is 3.93. The van der Waals surface area contributed by atoms with Gasteiger partial charge in [0, 0.05) is 19.6 Å². The van der Waals surface area contributed by atoms with Gasteiger partial charge in [-0.15, -0.1) is 0 Å². The highest BCUT2D eigenvalue weighted by Crippen LogP contribution is 2.20. The van der Waals surface area contributed by atoms with Crippen LogP contribution in [-0.4, -0.2) is 31.7 Å². The fourth-order valence-corrected chi connectivity index (χ4v) is 2.51. The van der Waals surface area contributed by atoms with Crippen molar-refractivity contribution in [3.63, 3.8) is 0 Å². The van der Waals surface area contributed by atoms with Crippen LogP contribution >= 0.6 is 0 Å². The zero-order chi connectivity index (χ0) is 13.9. The van der Waals surface area contributed by atoms with Gasteiger partial charge >= 0.3 is 0 Å². The lowest BCUT2D eigenvalue weighted by atomic mass is 9.98. The molecule has 1 unspecified atom stereocenters. The number of amides is 1. The third kappa shape index (κ3) is 7.53. The first-order chi connectivity index (χ1) is 9.26. The van der Waals surface area contributed by atoms with Crippen molar-refractivity contribution in [2.75, 3.05) is 19.7 Å². The van der Waals surface area contributed by atoms with Crippen LogP contribution in [0, 0.1) is 5.92 Å². The van der Waals surface area contributed by atoms with Crippen LogP contribution in [0.4, 0.5) is 0 Å². The first-order valence-corrected chi connectivity index (χ1v) is 7.84. The second kappa shape index (κ2) is 10.2. The molecular formula is C15H30N2O2. The molecule has 1 aliphatic rings. The molecule has 3 N–H and O–H groups in total. The Morgan fingerprint density at radius 3 is 2.74 bits per heavy atom. The van der Waals surface area contributed by atoms with Crippen LogP contribution in [0.25, 0.3) is 0 Å². The van der Waals surface area contributed by atoms with E-state index in [-0.39, 0.29) is 5.91 Å². The van der Waals surface area contributed by atoms with Crippen LogP contribution in [0.2, 0.25) is 0 Å². The van der Waals surface area contributed by atoms with Crippen molar-refractivity contribution in [2.45, 2.75) is 64.4 Å². The molecule has 0 heterocycles. The lowest BCUT2D eigenvalue weighted by molar-refractivity contribution is -0.122. The molecule has 0 aromatic heterocycles. The van der Waals surface area contributed by atoms with E-state index in [0.717, 1.165) is 19.4 Å². The molecule has 4 heteroatoms. The summed E-state index contributed by atoms with van der Waals surface area (Å²) in [6, 6.07) is 0. The number of ether oxygens (including phenoxy) is 1. The highest BCUT2D eigenvalue weighted by Gasteiger charge is 2.13. The molecular weight excluding hydrogens is 240 g/mol. The number of nitrogens with one attached hydrogen (secondary N) is 1. The van der Waals surface area contributed by atoms with Crippen LogP contribution in [0.15, 0.2) is 0 Å². The van der Waals surface area contributed by atoms with Gasteiger partial charge in [-0.3, -0.25) is 4.79 Å². The molecule has 1 amide bonds. The van der Waals surface area contributed by atoms with Crippen LogP contribution in [0.5, 0.6) is 0 Å². The molecule has 19 heavy (non-hydrogen) atoms. The number of rotatable bonds is 9. The van der Waals surface area contributed by atoms with Gasteiger partial charge in [-0.2, -0.15) is 0 Å². The highest BCUT2D eigenvalue weighted by atomic mass is 16.5. The van der Waals surface area contributed by atoms with Gasteiger partial charge in [-0.25, -0.2) is 0 Å². The van der Waals surface area contributed by atoms with Crippen molar-refractivity contribution in [3.8, 4) is 0 Å². The normalized spacial score (nSPS) is 18.2. The number of hydrogen-bond donors (Lipinski definition) is 2. The minimum atomic E-state index is 0.120. The van der Waals surface area contributed by atoms with E-state index in [0.29, 0.717) is 31.5 Å². The number of hydrogen-bond acceptors (Lipinski definition) is 3. The summed E-state index contributed by atoms with van der Waals surface area (Å²) in [6.07, 6.45) is 9.27. The molecule has 1 aliphatic carbocycles. The molecule has 1 fully saturated rings.